The topological polar surface area (TPSA) is 87.7 Å². The molecule has 0 bridgehead atoms. The number of hydrogen-bond donors (Lipinski definition) is 3. The number of anilines is 3. The molecule has 0 spiro atoms. The van der Waals surface area contributed by atoms with Crippen molar-refractivity contribution < 1.29 is 23.8 Å². The summed E-state index contributed by atoms with van der Waals surface area (Å²) in [4.78, 5) is 23.1. The highest BCUT2D eigenvalue weighted by atomic mass is 19.1. The molecule has 0 saturated heterocycles. The van der Waals surface area contributed by atoms with Crippen molar-refractivity contribution in [3.05, 3.63) is 84.2 Å². The zero-order valence-corrected chi connectivity index (χ0v) is 15.4. The Bertz CT molecular complexity index is 1010. The number of para-hydroxylation sites is 2. The standard InChI is InChI=1S/C22H19FN2O4/c23-16-8-10-17(11-9-16)25-20-6-1-2-7-21(20)29-14-19(26)13-24-18-5-3-4-15(12-18)22(27)28/h1-12,24-25H,13-14H2,(H,27,28). The van der Waals surface area contributed by atoms with Crippen LogP contribution < -0.4 is 15.4 Å². The number of nitrogens with one attached hydrogen (secondary N) is 2. The summed E-state index contributed by atoms with van der Waals surface area (Å²) in [5, 5.41) is 15.0. The summed E-state index contributed by atoms with van der Waals surface area (Å²) in [5.41, 5.74) is 2.01. The van der Waals surface area contributed by atoms with Gasteiger partial charge in [0.05, 0.1) is 17.8 Å². The van der Waals surface area contributed by atoms with E-state index in [9.17, 15) is 14.0 Å². The van der Waals surface area contributed by atoms with Crippen molar-refractivity contribution in [2.24, 2.45) is 0 Å². The number of Topliss-reactive ketones (excluding diaryl/α,β-unsaturated/α-hetero) is 1. The fourth-order valence-electron chi connectivity index (χ4n) is 2.56. The molecule has 0 aliphatic heterocycles. The number of ketones is 1. The van der Waals surface area contributed by atoms with Crippen LogP contribution in [-0.4, -0.2) is 30.0 Å². The van der Waals surface area contributed by atoms with Gasteiger partial charge < -0.3 is 20.5 Å². The van der Waals surface area contributed by atoms with Crippen LogP contribution >= 0.6 is 0 Å². The molecule has 3 aromatic carbocycles. The molecule has 7 heteroatoms. The molecule has 148 valence electrons. The van der Waals surface area contributed by atoms with Crippen LogP contribution in [0.1, 0.15) is 10.4 Å². The Morgan fingerprint density at radius 2 is 1.69 bits per heavy atom. The molecule has 0 radical (unpaired) electrons. The Kier molecular flexibility index (Phi) is 6.42. The normalized spacial score (nSPS) is 10.2. The molecule has 0 heterocycles. The van der Waals surface area contributed by atoms with Crippen molar-refractivity contribution in [1.29, 1.82) is 0 Å². The minimum atomic E-state index is -1.03. The van der Waals surface area contributed by atoms with Gasteiger partial charge in [-0.25, -0.2) is 9.18 Å². The molecule has 0 aliphatic carbocycles. The van der Waals surface area contributed by atoms with Crippen LogP contribution in [0, 0.1) is 5.82 Å². The Morgan fingerprint density at radius 1 is 0.931 bits per heavy atom. The third-order valence-electron chi connectivity index (χ3n) is 4.00. The third kappa shape index (κ3) is 5.80. The average Bonchev–Trinajstić information content (AvgIpc) is 2.73. The first-order valence-corrected chi connectivity index (χ1v) is 8.84. The summed E-state index contributed by atoms with van der Waals surface area (Å²) in [6, 6.07) is 19.2. The third-order valence-corrected chi connectivity index (χ3v) is 4.00. The number of rotatable bonds is 9. The second-order valence-corrected chi connectivity index (χ2v) is 6.19. The number of halogens is 1. The largest absolute Gasteiger partial charge is 0.484 e. The van der Waals surface area contributed by atoms with Gasteiger partial charge in [0, 0.05) is 11.4 Å². The molecule has 0 fully saturated rings. The van der Waals surface area contributed by atoms with Crippen LogP contribution in [0.15, 0.2) is 72.8 Å². The van der Waals surface area contributed by atoms with Gasteiger partial charge in [0.25, 0.3) is 0 Å². The lowest BCUT2D eigenvalue weighted by atomic mass is 10.2. The van der Waals surface area contributed by atoms with Crippen LogP contribution in [0.4, 0.5) is 21.5 Å². The second kappa shape index (κ2) is 9.36. The van der Waals surface area contributed by atoms with Crippen molar-refractivity contribution in [2.45, 2.75) is 0 Å². The van der Waals surface area contributed by atoms with Gasteiger partial charge >= 0.3 is 5.97 Å². The van der Waals surface area contributed by atoms with E-state index >= 15 is 0 Å². The summed E-state index contributed by atoms with van der Waals surface area (Å²) in [6.45, 7) is -0.162. The van der Waals surface area contributed by atoms with E-state index in [-0.39, 0.29) is 30.3 Å². The fourth-order valence-corrected chi connectivity index (χ4v) is 2.56. The van der Waals surface area contributed by atoms with E-state index in [1.807, 2.05) is 6.07 Å². The van der Waals surface area contributed by atoms with E-state index in [4.69, 9.17) is 9.84 Å². The number of aromatic carboxylic acids is 1. The van der Waals surface area contributed by atoms with Crippen LogP contribution in [0.3, 0.4) is 0 Å². The van der Waals surface area contributed by atoms with E-state index in [0.29, 0.717) is 22.8 Å². The lowest BCUT2D eigenvalue weighted by molar-refractivity contribution is -0.119. The molecule has 0 saturated carbocycles. The van der Waals surface area contributed by atoms with Crippen LogP contribution in [-0.2, 0) is 4.79 Å². The average molecular weight is 394 g/mol. The number of carboxylic acids is 1. The lowest BCUT2D eigenvalue weighted by Gasteiger charge is -2.13. The van der Waals surface area contributed by atoms with Crippen LogP contribution in [0.5, 0.6) is 5.75 Å². The number of carbonyl (C=O) groups is 2. The van der Waals surface area contributed by atoms with Gasteiger partial charge in [0.15, 0.2) is 5.78 Å². The molecule has 29 heavy (non-hydrogen) atoms. The minimum absolute atomic E-state index is 0.00334. The molecule has 0 aromatic heterocycles. The number of benzene rings is 3. The predicted octanol–water partition coefficient (Wildman–Crippen LogP) is 4.33. The van der Waals surface area contributed by atoms with Gasteiger partial charge in [0.2, 0.25) is 0 Å². The van der Waals surface area contributed by atoms with Gasteiger partial charge in [-0.15, -0.1) is 0 Å². The lowest BCUT2D eigenvalue weighted by Crippen LogP contribution is -2.21. The maximum Gasteiger partial charge on any atom is 0.335 e. The van der Waals surface area contributed by atoms with E-state index in [2.05, 4.69) is 10.6 Å². The van der Waals surface area contributed by atoms with E-state index in [1.54, 1.807) is 42.5 Å². The number of carbonyl (C=O) groups excluding carboxylic acids is 1. The van der Waals surface area contributed by atoms with E-state index in [0.717, 1.165) is 0 Å². The zero-order valence-electron chi connectivity index (χ0n) is 15.4. The van der Waals surface area contributed by atoms with Crippen molar-refractivity contribution in [3.8, 4) is 5.75 Å². The van der Waals surface area contributed by atoms with Crippen molar-refractivity contribution in [3.63, 3.8) is 0 Å². The van der Waals surface area contributed by atoms with Crippen LogP contribution in [0.25, 0.3) is 0 Å². The van der Waals surface area contributed by atoms with Gasteiger partial charge in [0.1, 0.15) is 18.2 Å². The van der Waals surface area contributed by atoms with E-state index in [1.165, 1.54) is 24.3 Å². The van der Waals surface area contributed by atoms with Gasteiger partial charge in [-0.3, -0.25) is 4.79 Å². The van der Waals surface area contributed by atoms with Crippen LogP contribution in [0.2, 0.25) is 0 Å². The quantitative estimate of drug-likeness (QED) is 0.501. The molecular weight excluding hydrogens is 375 g/mol. The molecule has 3 rings (SSSR count). The molecule has 3 aromatic rings. The first-order valence-electron chi connectivity index (χ1n) is 8.84. The maximum atomic E-state index is 13.0. The number of hydrogen-bond acceptors (Lipinski definition) is 5. The first-order chi connectivity index (χ1) is 14.0. The summed E-state index contributed by atoms with van der Waals surface area (Å²) in [7, 11) is 0. The molecule has 6 nitrogen and oxygen atoms in total. The second-order valence-electron chi connectivity index (χ2n) is 6.19. The Morgan fingerprint density at radius 3 is 2.45 bits per heavy atom. The molecular formula is C22H19FN2O4. The summed E-state index contributed by atoms with van der Waals surface area (Å²) in [5.74, 6) is -1.08. The Balaban J connectivity index is 1.55. The smallest absolute Gasteiger partial charge is 0.335 e. The molecule has 3 N–H and O–H groups in total. The molecule has 0 atom stereocenters. The Hall–Kier alpha value is -3.87. The number of ether oxygens (including phenoxy) is 1. The monoisotopic (exact) mass is 394 g/mol. The van der Waals surface area contributed by atoms with Gasteiger partial charge in [-0.2, -0.15) is 0 Å². The molecule has 0 amide bonds. The SMILES string of the molecule is O=C(CNc1cccc(C(=O)O)c1)COc1ccccc1Nc1ccc(F)cc1. The fraction of sp³-hybridized carbons (Fsp3) is 0.0909. The molecule has 0 aliphatic rings. The predicted molar refractivity (Wildman–Crippen MR) is 109 cm³/mol. The van der Waals surface area contributed by atoms with E-state index < -0.39 is 5.97 Å². The maximum absolute atomic E-state index is 13.0. The highest BCUT2D eigenvalue weighted by molar-refractivity contribution is 5.89. The zero-order chi connectivity index (χ0) is 20.6. The Labute approximate surface area is 167 Å². The summed E-state index contributed by atoms with van der Waals surface area (Å²) in [6.07, 6.45) is 0. The highest BCUT2D eigenvalue weighted by Crippen LogP contribution is 2.27. The minimum Gasteiger partial charge on any atom is -0.484 e. The van der Waals surface area contributed by atoms with Crippen molar-refractivity contribution in [2.75, 3.05) is 23.8 Å². The van der Waals surface area contributed by atoms with Crippen molar-refractivity contribution >= 4 is 28.8 Å². The summed E-state index contributed by atoms with van der Waals surface area (Å²) >= 11 is 0. The number of carboxylic acid groups (broad SMARTS) is 1. The van der Waals surface area contributed by atoms with Crippen molar-refractivity contribution in [1.82, 2.24) is 0 Å². The first kappa shape index (κ1) is 19.9. The highest BCUT2D eigenvalue weighted by Gasteiger charge is 2.09. The summed E-state index contributed by atoms with van der Waals surface area (Å²) < 4.78 is 18.7. The van der Waals surface area contributed by atoms with Gasteiger partial charge in [-0.1, -0.05) is 18.2 Å². The molecule has 0 unspecified atom stereocenters. The van der Waals surface area contributed by atoms with Gasteiger partial charge in [-0.05, 0) is 54.6 Å².